The highest BCUT2D eigenvalue weighted by Crippen LogP contribution is 2.23. The third kappa shape index (κ3) is 3.68. The zero-order valence-electron chi connectivity index (χ0n) is 13.0. The minimum absolute atomic E-state index is 0.580. The molecule has 0 saturated heterocycles. The van der Waals surface area contributed by atoms with Crippen LogP contribution < -0.4 is 10.6 Å². The van der Waals surface area contributed by atoms with Crippen molar-refractivity contribution in [2.75, 3.05) is 17.2 Å². The standard InChI is InChI=1S/C16H23N5/c1-4-6-14-19-15(17)12(3)16(20-14)21(5-2)11-13-7-9-18-10-8-13/h7-10H,4-6,11H2,1-3H3,(H2,17,19,20). The van der Waals surface area contributed by atoms with E-state index in [1.807, 2.05) is 31.5 Å². The molecule has 21 heavy (non-hydrogen) atoms. The predicted octanol–water partition coefficient (Wildman–Crippen LogP) is 2.74. The average Bonchev–Trinajstić information content (AvgIpc) is 2.50. The number of aromatic nitrogens is 3. The first kappa shape index (κ1) is 15.2. The van der Waals surface area contributed by atoms with E-state index in [-0.39, 0.29) is 0 Å². The lowest BCUT2D eigenvalue weighted by molar-refractivity contribution is 0.775. The Hall–Kier alpha value is -2.17. The molecule has 112 valence electrons. The molecule has 0 aromatic carbocycles. The second-order valence-electron chi connectivity index (χ2n) is 5.09. The maximum Gasteiger partial charge on any atom is 0.137 e. The summed E-state index contributed by atoms with van der Waals surface area (Å²) in [6, 6.07) is 4.05. The summed E-state index contributed by atoms with van der Waals surface area (Å²) in [5.74, 6) is 2.34. The van der Waals surface area contributed by atoms with Gasteiger partial charge in [-0.1, -0.05) is 6.92 Å². The molecule has 0 aliphatic rings. The summed E-state index contributed by atoms with van der Waals surface area (Å²) in [5.41, 5.74) is 8.21. The molecule has 5 nitrogen and oxygen atoms in total. The van der Waals surface area contributed by atoms with Gasteiger partial charge < -0.3 is 10.6 Å². The molecule has 0 amide bonds. The Balaban J connectivity index is 2.32. The smallest absolute Gasteiger partial charge is 0.137 e. The van der Waals surface area contributed by atoms with Gasteiger partial charge in [0.15, 0.2) is 0 Å². The van der Waals surface area contributed by atoms with Crippen molar-refractivity contribution in [3.05, 3.63) is 41.5 Å². The summed E-state index contributed by atoms with van der Waals surface area (Å²) in [7, 11) is 0. The zero-order valence-corrected chi connectivity index (χ0v) is 13.0. The number of nitrogens with two attached hydrogens (primary N) is 1. The van der Waals surface area contributed by atoms with Crippen LogP contribution >= 0.6 is 0 Å². The molecule has 2 aromatic rings. The van der Waals surface area contributed by atoms with E-state index in [2.05, 4.69) is 28.7 Å². The molecular weight excluding hydrogens is 262 g/mol. The van der Waals surface area contributed by atoms with Crippen molar-refractivity contribution >= 4 is 11.6 Å². The second kappa shape index (κ2) is 7.02. The van der Waals surface area contributed by atoms with Gasteiger partial charge in [-0.25, -0.2) is 9.97 Å². The molecule has 0 unspecified atom stereocenters. The summed E-state index contributed by atoms with van der Waals surface area (Å²) in [5, 5.41) is 0. The lowest BCUT2D eigenvalue weighted by Gasteiger charge is -2.24. The fraction of sp³-hybridized carbons (Fsp3) is 0.438. The molecule has 0 saturated carbocycles. The lowest BCUT2D eigenvalue weighted by atomic mass is 10.2. The summed E-state index contributed by atoms with van der Waals surface area (Å²) in [6.07, 6.45) is 5.49. The molecule has 2 rings (SSSR count). The first-order valence-corrected chi connectivity index (χ1v) is 7.42. The summed E-state index contributed by atoms with van der Waals surface area (Å²) in [6.45, 7) is 7.88. The van der Waals surface area contributed by atoms with E-state index in [4.69, 9.17) is 10.7 Å². The highest BCUT2D eigenvalue weighted by atomic mass is 15.2. The monoisotopic (exact) mass is 285 g/mol. The van der Waals surface area contributed by atoms with Gasteiger partial charge in [-0.3, -0.25) is 4.98 Å². The molecule has 2 heterocycles. The maximum atomic E-state index is 6.05. The van der Waals surface area contributed by atoms with Crippen LogP contribution in [-0.4, -0.2) is 21.5 Å². The first-order valence-electron chi connectivity index (χ1n) is 7.42. The van der Waals surface area contributed by atoms with Crippen molar-refractivity contribution in [2.24, 2.45) is 0 Å². The van der Waals surface area contributed by atoms with Crippen molar-refractivity contribution in [3.8, 4) is 0 Å². The van der Waals surface area contributed by atoms with Gasteiger partial charge in [0.2, 0.25) is 0 Å². The van der Waals surface area contributed by atoms with Crippen molar-refractivity contribution < 1.29 is 0 Å². The van der Waals surface area contributed by atoms with Crippen LogP contribution in [0, 0.1) is 6.92 Å². The van der Waals surface area contributed by atoms with Crippen molar-refractivity contribution in [1.82, 2.24) is 15.0 Å². The molecule has 0 spiro atoms. The number of anilines is 2. The molecule has 0 fully saturated rings. The van der Waals surface area contributed by atoms with Gasteiger partial charge in [0.05, 0.1) is 0 Å². The van der Waals surface area contributed by atoms with Gasteiger partial charge in [-0.05, 0) is 38.0 Å². The van der Waals surface area contributed by atoms with Crippen LogP contribution in [0.15, 0.2) is 24.5 Å². The quantitative estimate of drug-likeness (QED) is 0.884. The van der Waals surface area contributed by atoms with Crippen LogP contribution in [0.4, 0.5) is 11.6 Å². The van der Waals surface area contributed by atoms with Gasteiger partial charge in [-0.2, -0.15) is 0 Å². The number of rotatable bonds is 6. The Kier molecular flexibility index (Phi) is 5.09. The minimum atomic E-state index is 0.580. The molecule has 5 heteroatoms. The highest BCUT2D eigenvalue weighted by Gasteiger charge is 2.14. The Morgan fingerprint density at radius 2 is 1.86 bits per heavy atom. The maximum absolute atomic E-state index is 6.05. The van der Waals surface area contributed by atoms with Gasteiger partial charge >= 0.3 is 0 Å². The third-order valence-corrected chi connectivity index (χ3v) is 3.48. The van der Waals surface area contributed by atoms with E-state index >= 15 is 0 Å². The van der Waals surface area contributed by atoms with E-state index in [0.29, 0.717) is 5.82 Å². The number of nitrogen functional groups attached to an aromatic ring is 1. The van der Waals surface area contributed by atoms with Crippen LogP contribution in [-0.2, 0) is 13.0 Å². The van der Waals surface area contributed by atoms with Crippen molar-refractivity contribution in [3.63, 3.8) is 0 Å². The van der Waals surface area contributed by atoms with E-state index < -0.39 is 0 Å². The molecule has 0 aliphatic heterocycles. The van der Waals surface area contributed by atoms with Crippen LogP contribution in [0.2, 0.25) is 0 Å². The molecule has 2 N–H and O–H groups in total. The van der Waals surface area contributed by atoms with Gasteiger partial charge in [-0.15, -0.1) is 0 Å². The van der Waals surface area contributed by atoms with Gasteiger partial charge in [0.1, 0.15) is 17.5 Å². The molecule has 0 atom stereocenters. The summed E-state index contributed by atoms with van der Waals surface area (Å²) >= 11 is 0. The Labute approximate surface area is 126 Å². The predicted molar refractivity (Wildman–Crippen MR) is 86.1 cm³/mol. The normalized spacial score (nSPS) is 10.6. The first-order chi connectivity index (χ1) is 10.2. The zero-order chi connectivity index (χ0) is 15.2. The Bertz CT molecular complexity index is 583. The fourth-order valence-corrected chi connectivity index (χ4v) is 2.26. The average molecular weight is 285 g/mol. The SMILES string of the molecule is CCCc1nc(N)c(C)c(N(CC)Cc2ccncc2)n1. The third-order valence-electron chi connectivity index (χ3n) is 3.48. The van der Waals surface area contributed by atoms with E-state index in [1.165, 1.54) is 5.56 Å². The Morgan fingerprint density at radius 3 is 2.48 bits per heavy atom. The van der Waals surface area contributed by atoms with E-state index in [0.717, 1.165) is 43.1 Å². The molecule has 0 radical (unpaired) electrons. The van der Waals surface area contributed by atoms with E-state index in [1.54, 1.807) is 0 Å². The summed E-state index contributed by atoms with van der Waals surface area (Å²) < 4.78 is 0. The van der Waals surface area contributed by atoms with Crippen LogP contribution in [0.25, 0.3) is 0 Å². The highest BCUT2D eigenvalue weighted by molar-refractivity contribution is 5.56. The molecule has 0 bridgehead atoms. The van der Waals surface area contributed by atoms with Crippen LogP contribution in [0.5, 0.6) is 0 Å². The second-order valence-corrected chi connectivity index (χ2v) is 5.09. The molecular formula is C16H23N5. The van der Waals surface area contributed by atoms with Gasteiger partial charge in [0, 0.05) is 37.5 Å². The van der Waals surface area contributed by atoms with Gasteiger partial charge in [0.25, 0.3) is 0 Å². The minimum Gasteiger partial charge on any atom is -0.383 e. The van der Waals surface area contributed by atoms with Crippen LogP contribution in [0.1, 0.15) is 37.2 Å². The lowest BCUT2D eigenvalue weighted by Crippen LogP contribution is -2.25. The Morgan fingerprint density at radius 1 is 1.14 bits per heavy atom. The van der Waals surface area contributed by atoms with Crippen molar-refractivity contribution in [1.29, 1.82) is 0 Å². The van der Waals surface area contributed by atoms with Crippen molar-refractivity contribution in [2.45, 2.75) is 40.2 Å². The topological polar surface area (TPSA) is 67.9 Å². The number of hydrogen-bond acceptors (Lipinski definition) is 5. The largest absolute Gasteiger partial charge is 0.383 e. The molecule has 2 aromatic heterocycles. The fourth-order valence-electron chi connectivity index (χ4n) is 2.26. The number of aryl methyl sites for hydroxylation is 1. The van der Waals surface area contributed by atoms with Crippen LogP contribution in [0.3, 0.4) is 0 Å². The summed E-state index contributed by atoms with van der Waals surface area (Å²) in [4.78, 5) is 15.4. The number of nitrogens with zero attached hydrogens (tertiary/aromatic N) is 4. The number of pyridine rings is 1. The molecule has 0 aliphatic carbocycles. The van der Waals surface area contributed by atoms with E-state index in [9.17, 15) is 0 Å². The number of hydrogen-bond donors (Lipinski definition) is 1.